The highest BCUT2D eigenvalue weighted by Crippen LogP contribution is 2.33. The summed E-state index contributed by atoms with van der Waals surface area (Å²) >= 11 is 0. The molecule has 0 spiro atoms. The van der Waals surface area contributed by atoms with Gasteiger partial charge < -0.3 is 14.8 Å². The molecule has 0 aliphatic heterocycles. The SMILES string of the molecule is CC(CO)(COS(C)(=O)=O)NCc1cc2ccc3ccc4ccccc4c3c2o1. The van der Waals surface area contributed by atoms with E-state index in [0.717, 1.165) is 38.8 Å². The molecule has 0 aliphatic rings. The fourth-order valence-corrected chi connectivity index (χ4v) is 3.89. The van der Waals surface area contributed by atoms with E-state index in [0.29, 0.717) is 12.3 Å². The summed E-state index contributed by atoms with van der Waals surface area (Å²) in [5, 5.41) is 18.3. The van der Waals surface area contributed by atoms with Gasteiger partial charge in [0.2, 0.25) is 0 Å². The van der Waals surface area contributed by atoms with Gasteiger partial charge in [0, 0.05) is 10.8 Å². The van der Waals surface area contributed by atoms with Crippen molar-refractivity contribution >= 4 is 42.6 Å². The van der Waals surface area contributed by atoms with Gasteiger partial charge in [-0.05, 0) is 29.1 Å². The van der Waals surface area contributed by atoms with E-state index >= 15 is 0 Å². The number of nitrogens with one attached hydrogen (secondary N) is 1. The fourth-order valence-electron chi connectivity index (χ4n) is 3.42. The van der Waals surface area contributed by atoms with Crippen molar-refractivity contribution in [1.82, 2.24) is 5.32 Å². The molecule has 0 amide bonds. The van der Waals surface area contributed by atoms with E-state index < -0.39 is 15.7 Å². The number of hydrogen-bond donors (Lipinski definition) is 2. The summed E-state index contributed by atoms with van der Waals surface area (Å²) in [5.41, 5.74) is -0.106. The highest BCUT2D eigenvalue weighted by Gasteiger charge is 2.26. The Kier molecular flexibility index (Phi) is 5.08. The van der Waals surface area contributed by atoms with Crippen LogP contribution in [0.4, 0.5) is 0 Å². The van der Waals surface area contributed by atoms with Crippen LogP contribution in [0.5, 0.6) is 0 Å². The Morgan fingerprint density at radius 2 is 1.76 bits per heavy atom. The number of aliphatic hydroxyl groups is 1. The van der Waals surface area contributed by atoms with Crippen LogP contribution in [0.1, 0.15) is 12.7 Å². The molecule has 0 saturated carbocycles. The Balaban J connectivity index is 1.67. The Labute approximate surface area is 169 Å². The molecule has 6 nitrogen and oxygen atoms in total. The average molecular weight is 413 g/mol. The number of aliphatic hydroxyl groups excluding tert-OH is 1. The molecule has 0 fully saturated rings. The molecule has 1 heterocycles. The number of furan rings is 1. The van der Waals surface area contributed by atoms with Gasteiger partial charge in [-0.1, -0.05) is 48.5 Å². The smallest absolute Gasteiger partial charge is 0.264 e. The first-order valence-corrected chi connectivity index (χ1v) is 11.1. The highest BCUT2D eigenvalue weighted by molar-refractivity contribution is 7.85. The molecule has 4 rings (SSSR count). The molecule has 29 heavy (non-hydrogen) atoms. The average Bonchev–Trinajstić information content (AvgIpc) is 3.13. The molecule has 0 aliphatic carbocycles. The molecule has 1 atom stereocenters. The van der Waals surface area contributed by atoms with Gasteiger partial charge in [-0.25, -0.2) is 0 Å². The predicted molar refractivity (Wildman–Crippen MR) is 114 cm³/mol. The quantitative estimate of drug-likeness (QED) is 0.356. The third-order valence-corrected chi connectivity index (χ3v) is 5.62. The first kappa shape index (κ1) is 19.8. The maximum Gasteiger partial charge on any atom is 0.264 e. The molecule has 0 saturated heterocycles. The molecule has 1 unspecified atom stereocenters. The van der Waals surface area contributed by atoms with Gasteiger partial charge in [-0.3, -0.25) is 4.18 Å². The fraction of sp³-hybridized carbons (Fsp3) is 0.273. The summed E-state index contributed by atoms with van der Waals surface area (Å²) in [6.07, 6.45) is 0.986. The van der Waals surface area contributed by atoms with Crippen LogP contribution in [-0.4, -0.2) is 38.5 Å². The van der Waals surface area contributed by atoms with E-state index in [-0.39, 0.29) is 13.2 Å². The largest absolute Gasteiger partial charge is 0.459 e. The van der Waals surface area contributed by atoms with Crippen LogP contribution in [0.2, 0.25) is 0 Å². The van der Waals surface area contributed by atoms with Crippen LogP contribution >= 0.6 is 0 Å². The third kappa shape index (κ3) is 4.13. The summed E-state index contributed by atoms with van der Waals surface area (Å²) in [4.78, 5) is 0. The molecule has 2 N–H and O–H groups in total. The van der Waals surface area contributed by atoms with Crippen molar-refractivity contribution in [2.24, 2.45) is 0 Å². The van der Waals surface area contributed by atoms with E-state index in [2.05, 4.69) is 35.6 Å². The van der Waals surface area contributed by atoms with E-state index in [4.69, 9.17) is 8.60 Å². The maximum absolute atomic E-state index is 11.3. The molecule has 152 valence electrons. The van der Waals surface area contributed by atoms with E-state index in [1.54, 1.807) is 6.92 Å². The van der Waals surface area contributed by atoms with Gasteiger partial charge in [0.25, 0.3) is 10.1 Å². The molecule has 1 aromatic heterocycles. The van der Waals surface area contributed by atoms with Crippen LogP contribution in [0.25, 0.3) is 32.5 Å². The topological polar surface area (TPSA) is 88.8 Å². The molecule has 4 aromatic rings. The standard InChI is InChI=1S/C22H23NO5S/c1-22(13-24,14-27-29(2,25)26)23-12-18-11-17-10-9-16-8-7-15-5-3-4-6-19(15)20(16)21(17)28-18/h3-11,23-24H,12-14H2,1-2H3. The number of benzene rings is 3. The molecule has 3 aromatic carbocycles. The first-order valence-electron chi connectivity index (χ1n) is 9.31. The van der Waals surface area contributed by atoms with Crippen LogP contribution in [-0.2, 0) is 20.8 Å². The van der Waals surface area contributed by atoms with E-state index in [1.807, 2.05) is 24.3 Å². The Bertz CT molecular complexity index is 1290. The number of rotatable bonds is 7. The van der Waals surface area contributed by atoms with Crippen molar-refractivity contribution in [1.29, 1.82) is 0 Å². The van der Waals surface area contributed by atoms with Crippen molar-refractivity contribution in [3.05, 3.63) is 60.4 Å². The van der Waals surface area contributed by atoms with Crippen molar-refractivity contribution < 1.29 is 22.1 Å². The van der Waals surface area contributed by atoms with E-state index in [1.165, 1.54) is 0 Å². The lowest BCUT2D eigenvalue weighted by Gasteiger charge is -2.27. The minimum atomic E-state index is -3.59. The predicted octanol–water partition coefficient (Wildman–Crippen LogP) is 3.56. The molecule has 0 bridgehead atoms. The minimum Gasteiger partial charge on any atom is -0.459 e. The van der Waals surface area contributed by atoms with Gasteiger partial charge >= 0.3 is 0 Å². The second-order valence-electron chi connectivity index (χ2n) is 7.62. The summed E-state index contributed by atoms with van der Waals surface area (Å²) in [6.45, 7) is 1.57. The molecule has 7 heteroatoms. The lowest BCUT2D eigenvalue weighted by Crippen LogP contribution is -2.49. The van der Waals surface area contributed by atoms with Crippen LogP contribution < -0.4 is 5.32 Å². The number of hydrogen-bond acceptors (Lipinski definition) is 6. The molecule has 0 radical (unpaired) electrons. The van der Waals surface area contributed by atoms with Gasteiger partial charge in [0.15, 0.2) is 0 Å². The third-order valence-electron chi connectivity index (χ3n) is 5.07. The minimum absolute atomic E-state index is 0.171. The van der Waals surface area contributed by atoms with Gasteiger partial charge in [0.1, 0.15) is 11.3 Å². The van der Waals surface area contributed by atoms with Crippen LogP contribution in [0.3, 0.4) is 0 Å². The second kappa shape index (κ2) is 7.42. The normalized spacial score (nSPS) is 14.6. The highest BCUT2D eigenvalue weighted by atomic mass is 32.2. The van der Waals surface area contributed by atoms with Crippen molar-refractivity contribution in [2.75, 3.05) is 19.5 Å². The lowest BCUT2D eigenvalue weighted by molar-refractivity contribution is 0.116. The van der Waals surface area contributed by atoms with Crippen LogP contribution in [0, 0.1) is 0 Å². The molecular weight excluding hydrogens is 390 g/mol. The van der Waals surface area contributed by atoms with Gasteiger partial charge in [-0.2, -0.15) is 8.42 Å². The van der Waals surface area contributed by atoms with Crippen molar-refractivity contribution in [3.63, 3.8) is 0 Å². The zero-order valence-electron chi connectivity index (χ0n) is 16.3. The van der Waals surface area contributed by atoms with Crippen LogP contribution in [0.15, 0.2) is 59.0 Å². The monoisotopic (exact) mass is 413 g/mol. The zero-order chi connectivity index (χ0) is 20.6. The lowest BCUT2D eigenvalue weighted by atomic mass is 10.0. The summed E-state index contributed by atoms with van der Waals surface area (Å²) in [6, 6.07) is 18.4. The molecular formula is C22H23NO5S. The van der Waals surface area contributed by atoms with Crippen molar-refractivity contribution in [2.45, 2.75) is 19.0 Å². The summed E-state index contributed by atoms with van der Waals surface area (Å²) in [7, 11) is -3.59. The Morgan fingerprint density at radius 1 is 1.07 bits per heavy atom. The second-order valence-corrected chi connectivity index (χ2v) is 9.26. The maximum atomic E-state index is 11.3. The Morgan fingerprint density at radius 3 is 2.48 bits per heavy atom. The summed E-state index contributed by atoms with van der Waals surface area (Å²) < 4.78 is 33.6. The van der Waals surface area contributed by atoms with Gasteiger partial charge in [-0.15, -0.1) is 0 Å². The number of fused-ring (bicyclic) bond motifs is 5. The van der Waals surface area contributed by atoms with E-state index in [9.17, 15) is 13.5 Å². The first-order chi connectivity index (χ1) is 13.8. The Hall–Kier alpha value is -2.45. The zero-order valence-corrected chi connectivity index (χ0v) is 17.1. The summed E-state index contributed by atoms with van der Waals surface area (Å²) in [5.74, 6) is 0.694. The van der Waals surface area contributed by atoms with Crippen molar-refractivity contribution in [3.8, 4) is 0 Å². The van der Waals surface area contributed by atoms with Gasteiger partial charge in [0.05, 0.1) is 31.6 Å².